The zero-order valence-corrected chi connectivity index (χ0v) is 11.8. The van der Waals surface area contributed by atoms with E-state index in [4.69, 9.17) is 9.84 Å². The van der Waals surface area contributed by atoms with E-state index in [1.165, 1.54) is 23.1 Å². The third-order valence-electron chi connectivity index (χ3n) is 3.37. The van der Waals surface area contributed by atoms with Crippen LogP contribution in [0.3, 0.4) is 0 Å². The number of nitro groups is 1. The minimum atomic E-state index is -1.05. The summed E-state index contributed by atoms with van der Waals surface area (Å²) >= 11 is 0. The van der Waals surface area contributed by atoms with Gasteiger partial charge in [0, 0.05) is 25.3 Å². The number of benzene rings is 1. The fraction of sp³-hybridized carbons (Fsp3) is 0.429. The molecule has 22 heavy (non-hydrogen) atoms. The van der Waals surface area contributed by atoms with Crippen molar-refractivity contribution in [2.45, 2.75) is 25.4 Å². The maximum atomic E-state index is 12.5. The van der Waals surface area contributed by atoms with E-state index < -0.39 is 17.0 Å². The first-order valence-electron chi connectivity index (χ1n) is 6.88. The Bertz CT molecular complexity index is 582. The SMILES string of the molecule is O=C(O)CCN(C(=O)C1CCCO1)c1cccc([N+](=O)[O-])c1. The fourth-order valence-electron chi connectivity index (χ4n) is 2.29. The van der Waals surface area contributed by atoms with Crippen LogP contribution in [0, 0.1) is 10.1 Å². The van der Waals surface area contributed by atoms with E-state index in [0.717, 1.165) is 6.42 Å². The topological polar surface area (TPSA) is 110 Å². The van der Waals surface area contributed by atoms with Gasteiger partial charge in [0.05, 0.1) is 17.0 Å². The highest BCUT2D eigenvalue weighted by atomic mass is 16.6. The minimum absolute atomic E-state index is 0.0603. The third kappa shape index (κ3) is 3.79. The number of hydrogen-bond acceptors (Lipinski definition) is 5. The first-order valence-corrected chi connectivity index (χ1v) is 6.88. The fourth-order valence-corrected chi connectivity index (χ4v) is 2.29. The van der Waals surface area contributed by atoms with Crippen molar-refractivity contribution in [3.63, 3.8) is 0 Å². The molecule has 1 heterocycles. The second-order valence-electron chi connectivity index (χ2n) is 4.91. The molecule has 0 radical (unpaired) electrons. The Balaban J connectivity index is 2.26. The standard InChI is InChI=1S/C14H16N2O6/c17-13(18)6-7-15(14(19)12-5-2-8-22-12)10-3-1-4-11(9-10)16(20)21/h1,3-4,9,12H,2,5-8H2,(H,17,18). The highest BCUT2D eigenvalue weighted by Gasteiger charge is 2.29. The number of amides is 1. The number of non-ortho nitro benzene ring substituents is 1. The number of carbonyl (C=O) groups is 2. The smallest absolute Gasteiger partial charge is 0.305 e. The van der Waals surface area contributed by atoms with Crippen molar-refractivity contribution < 1.29 is 24.4 Å². The number of nitrogens with zero attached hydrogens (tertiary/aromatic N) is 2. The van der Waals surface area contributed by atoms with Gasteiger partial charge in [0.2, 0.25) is 0 Å². The molecule has 0 saturated carbocycles. The quantitative estimate of drug-likeness (QED) is 0.631. The van der Waals surface area contributed by atoms with Gasteiger partial charge in [0.15, 0.2) is 0 Å². The number of anilines is 1. The van der Waals surface area contributed by atoms with Gasteiger partial charge in [-0.2, -0.15) is 0 Å². The van der Waals surface area contributed by atoms with Crippen LogP contribution in [-0.2, 0) is 14.3 Å². The van der Waals surface area contributed by atoms with Crippen molar-refractivity contribution in [3.8, 4) is 0 Å². The number of aliphatic carboxylic acids is 1. The number of hydrogen-bond donors (Lipinski definition) is 1. The van der Waals surface area contributed by atoms with E-state index in [2.05, 4.69) is 0 Å². The predicted octanol–water partition coefficient (Wildman–Crippen LogP) is 1.58. The van der Waals surface area contributed by atoms with Crippen molar-refractivity contribution in [2.24, 2.45) is 0 Å². The Hall–Kier alpha value is -2.48. The van der Waals surface area contributed by atoms with Gasteiger partial charge in [-0.05, 0) is 18.9 Å². The Morgan fingerprint density at radius 3 is 2.82 bits per heavy atom. The van der Waals surface area contributed by atoms with Gasteiger partial charge >= 0.3 is 5.97 Å². The van der Waals surface area contributed by atoms with Crippen molar-refractivity contribution >= 4 is 23.3 Å². The Labute approximate surface area is 126 Å². The molecule has 0 bridgehead atoms. The van der Waals surface area contributed by atoms with Crippen LogP contribution in [0.5, 0.6) is 0 Å². The van der Waals surface area contributed by atoms with Gasteiger partial charge in [0.25, 0.3) is 11.6 Å². The summed E-state index contributed by atoms with van der Waals surface area (Å²) in [5.74, 6) is -1.41. The molecule has 8 nitrogen and oxygen atoms in total. The van der Waals surface area contributed by atoms with Crippen LogP contribution < -0.4 is 4.90 Å². The van der Waals surface area contributed by atoms with E-state index in [1.807, 2.05) is 0 Å². The molecule has 0 spiro atoms. The Kier molecular flexibility index (Phi) is 5.05. The normalized spacial score (nSPS) is 17.2. The molecule has 118 valence electrons. The number of carbonyl (C=O) groups excluding carboxylic acids is 1. The third-order valence-corrected chi connectivity index (χ3v) is 3.37. The number of carboxylic acid groups (broad SMARTS) is 1. The van der Waals surface area contributed by atoms with Crippen LogP contribution in [0.25, 0.3) is 0 Å². The van der Waals surface area contributed by atoms with Gasteiger partial charge < -0.3 is 14.7 Å². The number of carboxylic acids is 1. The van der Waals surface area contributed by atoms with Crippen LogP contribution in [-0.4, -0.2) is 41.2 Å². The van der Waals surface area contributed by atoms with Crippen molar-refractivity contribution in [3.05, 3.63) is 34.4 Å². The second-order valence-corrected chi connectivity index (χ2v) is 4.91. The second kappa shape index (κ2) is 6.99. The molecule has 1 fully saturated rings. The summed E-state index contributed by atoms with van der Waals surface area (Å²) in [6, 6.07) is 5.58. The minimum Gasteiger partial charge on any atom is -0.481 e. The predicted molar refractivity (Wildman–Crippen MR) is 76.7 cm³/mol. The number of ether oxygens (including phenoxy) is 1. The first kappa shape index (κ1) is 15.9. The first-order chi connectivity index (χ1) is 10.5. The highest BCUT2D eigenvalue weighted by molar-refractivity contribution is 5.97. The van der Waals surface area contributed by atoms with Crippen LogP contribution in [0.2, 0.25) is 0 Å². The van der Waals surface area contributed by atoms with Crippen LogP contribution in [0.1, 0.15) is 19.3 Å². The molecule has 1 aliphatic heterocycles. The van der Waals surface area contributed by atoms with Gasteiger partial charge in [-0.1, -0.05) is 6.07 Å². The lowest BCUT2D eigenvalue weighted by Crippen LogP contribution is -2.40. The molecule has 1 amide bonds. The average molecular weight is 308 g/mol. The summed E-state index contributed by atoms with van der Waals surface area (Å²) in [7, 11) is 0. The Morgan fingerprint density at radius 2 is 2.23 bits per heavy atom. The lowest BCUT2D eigenvalue weighted by Gasteiger charge is -2.24. The molecule has 1 aromatic rings. The highest BCUT2D eigenvalue weighted by Crippen LogP contribution is 2.24. The monoisotopic (exact) mass is 308 g/mol. The van der Waals surface area contributed by atoms with Crippen molar-refractivity contribution in [1.29, 1.82) is 0 Å². The van der Waals surface area contributed by atoms with Gasteiger partial charge in [-0.3, -0.25) is 19.7 Å². The molecule has 1 aliphatic rings. The molecule has 1 saturated heterocycles. The molecular weight excluding hydrogens is 292 g/mol. The van der Waals surface area contributed by atoms with E-state index in [-0.39, 0.29) is 24.6 Å². The zero-order chi connectivity index (χ0) is 16.1. The summed E-state index contributed by atoms with van der Waals surface area (Å²) in [5, 5.41) is 19.7. The largest absolute Gasteiger partial charge is 0.481 e. The maximum absolute atomic E-state index is 12.5. The molecular formula is C14H16N2O6. The van der Waals surface area contributed by atoms with E-state index in [9.17, 15) is 19.7 Å². The summed E-state index contributed by atoms with van der Waals surface area (Å²) in [6.07, 6.45) is 0.462. The molecule has 1 N–H and O–H groups in total. The van der Waals surface area contributed by atoms with Crippen molar-refractivity contribution in [2.75, 3.05) is 18.1 Å². The van der Waals surface area contributed by atoms with E-state index in [0.29, 0.717) is 18.7 Å². The molecule has 1 aromatic carbocycles. The van der Waals surface area contributed by atoms with E-state index >= 15 is 0 Å². The summed E-state index contributed by atoms with van der Waals surface area (Å²) < 4.78 is 5.33. The molecule has 0 aromatic heterocycles. The lowest BCUT2D eigenvalue weighted by molar-refractivity contribution is -0.384. The zero-order valence-electron chi connectivity index (χ0n) is 11.8. The molecule has 0 aliphatic carbocycles. The summed E-state index contributed by atoms with van der Waals surface area (Å²) in [5.41, 5.74) is 0.147. The van der Waals surface area contributed by atoms with Gasteiger partial charge in [-0.25, -0.2) is 0 Å². The van der Waals surface area contributed by atoms with Gasteiger partial charge in [-0.15, -0.1) is 0 Å². The molecule has 1 unspecified atom stereocenters. The van der Waals surface area contributed by atoms with Crippen LogP contribution in [0.15, 0.2) is 24.3 Å². The maximum Gasteiger partial charge on any atom is 0.305 e. The van der Waals surface area contributed by atoms with E-state index in [1.54, 1.807) is 6.07 Å². The van der Waals surface area contributed by atoms with Gasteiger partial charge in [0.1, 0.15) is 6.10 Å². The molecule has 2 rings (SSSR count). The number of rotatable bonds is 6. The van der Waals surface area contributed by atoms with Crippen molar-refractivity contribution in [1.82, 2.24) is 0 Å². The lowest BCUT2D eigenvalue weighted by atomic mass is 10.1. The molecule has 8 heteroatoms. The van der Waals surface area contributed by atoms with Crippen LogP contribution >= 0.6 is 0 Å². The summed E-state index contributed by atoms with van der Waals surface area (Å²) in [6.45, 7) is 0.424. The number of nitro benzene ring substituents is 1. The average Bonchev–Trinajstić information content (AvgIpc) is 3.01. The molecule has 1 atom stereocenters. The Morgan fingerprint density at radius 1 is 1.45 bits per heavy atom. The summed E-state index contributed by atoms with van der Waals surface area (Å²) in [4.78, 5) is 34.8. The van der Waals surface area contributed by atoms with Crippen LogP contribution in [0.4, 0.5) is 11.4 Å².